The number of carbonyl (C=O) groups excluding carboxylic acids is 2. The Morgan fingerprint density at radius 1 is 1.50 bits per heavy atom. The molecule has 0 aromatic rings. The van der Waals surface area contributed by atoms with Crippen LogP contribution in [0.3, 0.4) is 0 Å². The molecule has 5 N–H and O–H groups in total. The maximum Gasteiger partial charge on any atom is 0.318 e. The molecule has 0 aliphatic rings. The number of primary amides is 1. The third-order valence-electron chi connectivity index (χ3n) is 0.406. The van der Waals surface area contributed by atoms with Crippen molar-refractivity contribution in [1.82, 2.24) is 5.32 Å². The van der Waals surface area contributed by atoms with E-state index in [1.54, 1.807) is 5.32 Å². The molecule has 0 saturated heterocycles. The minimum absolute atomic E-state index is 0.719. The summed E-state index contributed by atoms with van der Waals surface area (Å²) in [4.78, 5) is 19.7. The van der Waals surface area contributed by atoms with Crippen LogP contribution in [-0.4, -0.2) is 35.9 Å². The molecule has 60 valence electrons. The predicted octanol–water partition coefficient (Wildman–Crippen LogP) is -2.22. The van der Waals surface area contributed by atoms with E-state index in [0.717, 1.165) is 7.11 Å². The molecule has 0 bridgehead atoms. The van der Waals surface area contributed by atoms with Gasteiger partial charge < -0.3 is 15.9 Å². The average molecular weight is 150 g/mol. The van der Waals surface area contributed by atoms with Crippen LogP contribution in [0.15, 0.2) is 0 Å². The monoisotopic (exact) mass is 150 g/mol. The van der Waals surface area contributed by atoms with Gasteiger partial charge in [0.2, 0.25) is 0 Å². The highest BCUT2D eigenvalue weighted by Gasteiger charge is 1.98. The highest BCUT2D eigenvalue weighted by molar-refractivity contribution is 5.93. The van der Waals surface area contributed by atoms with Crippen LogP contribution in [0.25, 0.3) is 0 Å². The summed E-state index contributed by atoms with van der Waals surface area (Å²) in [5, 5.41) is 16.6. The summed E-state index contributed by atoms with van der Waals surface area (Å²) in [5.74, 6) is -0.794. The van der Waals surface area contributed by atoms with Crippen molar-refractivity contribution in [3.63, 3.8) is 0 Å². The number of nitrogens with one attached hydrogen (secondary N) is 1. The van der Waals surface area contributed by atoms with E-state index in [2.05, 4.69) is 5.73 Å². The molecular weight excluding hydrogens is 140 g/mol. The average Bonchev–Trinajstić information content (AvgIpc) is 1.91. The number of urea groups is 1. The van der Waals surface area contributed by atoms with Gasteiger partial charge in [-0.1, -0.05) is 0 Å². The van der Waals surface area contributed by atoms with Crippen molar-refractivity contribution in [2.45, 2.75) is 0 Å². The molecule has 3 amide bonds. The Morgan fingerprint density at radius 2 is 1.90 bits per heavy atom. The number of aliphatic hydroxyl groups excluding tert-OH is 2. The standard InChI is InChI=1S/C3H6N2O3.CH4O/c4-3(8)5-2(7)1-6;1-2/h6H,1H2,(H3,4,5,7,8);2H,1H3. The minimum Gasteiger partial charge on any atom is -0.400 e. The molecule has 0 aliphatic carbocycles. The molecule has 6 nitrogen and oxygen atoms in total. The number of nitrogens with two attached hydrogens (primary N) is 1. The summed E-state index contributed by atoms with van der Waals surface area (Å²) < 4.78 is 0. The molecule has 0 aromatic heterocycles. The Bertz CT molecular complexity index is 114. The number of rotatable bonds is 1. The van der Waals surface area contributed by atoms with Crippen LogP contribution in [0.4, 0.5) is 4.79 Å². The third kappa shape index (κ3) is 9.97. The lowest BCUT2D eigenvalue weighted by Gasteiger charge is -1.92. The van der Waals surface area contributed by atoms with Crippen LogP contribution < -0.4 is 11.1 Å². The van der Waals surface area contributed by atoms with Gasteiger partial charge in [-0.15, -0.1) is 0 Å². The lowest BCUT2D eigenvalue weighted by molar-refractivity contribution is -0.122. The Kier molecular flexibility index (Phi) is 9.14. The second-order valence-corrected chi connectivity index (χ2v) is 1.07. The Labute approximate surface area is 57.6 Å². The van der Waals surface area contributed by atoms with E-state index in [4.69, 9.17) is 10.2 Å². The molecule has 0 unspecified atom stereocenters. The van der Waals surface area contributed by atoms with Crippen LogP contribution in [-0.2, 0) is 4.79 Å². The van der Waals surface area contributed by atoms with Crippen LogP contribution in [0.5, 0.6) is 0 Å². The molecular formula is C4H10N2O4. The van der Waals surface area contributed by atoms with Gasteiger partial charge in [0.15, 0.2) is 0 Å². The zero-order valence-electron chi connectivity index (χ0n) is 5.50. The molecule has 10 heavy (non-hydrogen) atoms. The van der Waals surface area contributed by atoms with Crippen molar-refractivity contribution in [3.05, 3.63) is 0 Å². The first-order valence-corrected chi connectivity index (χ1v) is 2.31. The number of hydrogen-bond donors (Lipinski definition) is 4. The number of imide groups is 1. The summed E-state index contributed by atoms with van der Waals surface area (Å²) in [6, 6.07) is -0.955. The van der Waals surface area contributed by atoms with Gasteiger partial charge in [-0.2, -0.15) is 0 Å². The molecule has 0 aromatic carbocycles. The second kappa shape index (κ2) is 7.86. The summed E-state index contributed by atoms with van der Waals surface area (Å²) in [6.07, 6.45) is 0. The van der Waals surface area contributed by atoms with Gasteiger partial charge in [0.05, 0.1) is 0 Å². The maximum atomic E-state index is 9.96. The maximum absolute atomic E-state index is 9.96. The number of aliphatic hydroxyl groups is 2. The molecule has 0 atom stereocenters. The SMILES string of the molecule is CO.NC(=O)NC(=O)CO. The summed E-state index contributed by atoms with van der Waals surface area (Å²) in [7, 11) is 1.00. The Morgan fingerprint density at radius 3 is 2.00 bits per heavy atom. The van der Waals surface area contributed by atoms with Crippen LogP contribution in [0, 0.1) is 0 Å². The molecule has 0 aliphatic heterocycles. The fraction of sp³-hybridized carbons (Fsp3) is 0.500. The predicted molar refractivity (Wildman–Crippen MR) is 33.0 cm³/mol. The molecule has 6 heteroatoms. The van der Waals surface area contributed by atoms with Gasteiger partial charge in [-0.3, -0.25) is 10.1 Å². The first kappa shape index (κ1) is 11.6. The molecule has 0 heterocycles. The topological polar surface area (TPSA) is 113 Å². The highest BCUT2D eigenvalue weighted by atomic mass is 16.3. The Hall–Kier alpha value is -1.14. The normalized spacial score (nSPS) is 7.10. The molecule has 0 spiro atoms. The van der Waals surface area contributed by atoms with Gasteiger partial charge in [0, 0.05) is 7.11 Å². The largest absolute Gasteiger partial charge is 0.400 e. The van der Waals surface area contributed by atoms with Crippen LogP contribution in [0.1, 0.15) is 0 Å². The summed E-state index contributed by atoms with van der Waals surface area (Å²) >= 11 is 0. The lowest BCUT2D eigenvalue weighted by atomic mass is 10.6. The Balaban J connectivity index is 0. The molecule has 0 rings (SSSR count). The lowest BCUT2D eigenvalue weighted by Crippen LogP contribution is -2.36. The summed E-state index contributed by atoms with van der Waals surface area (Å²) in [5.41, 5.74) is 4.49. The van der Waals surface area contributed by atoms with Crippen LogP contribution in [0.2, 0.25) is 0 Å². The van der Waals surface area contributed by atoms with Crippen molar-refractivity contribution in [3.8, 4) is 0 Å². The van der Waals surface area contributed by atoms with E-state index in [1.807, 2.05) is 0 Å². The van der Waals surface area contributed by atoms with Gasteiger partial charge in [0.25, 0.3) is 5.91 Å². The first-order chi connectivity index (χ1) is 4.66. The van der Waals surface area contributed by atoms with Crippen molar-refractivity contribution >= 4 is 11.9 Å². The van der Waals surface area contributed by atoms with Gasteiger partial charge in [0.1, 0.15) is 6.61 Å². The van der Waals surface area contributed by atoms with E-state index in [-0.39, 0.29) is 0 Å². The van der Waals surface area contributed by atoms with Gasteiger partial charge >= 0.3 is 6.03 Å². The number of carbonyl (C=O) groups is 2. The van der Waals surface area contributed by atoms with E-state index < -0.39 is 18.5 Å². The second-order valence-electron chi connectivity index (χ2n) is 1.07. The van der Waals surface area contributed by atoms with E-state index in [1.165, 1.54) is 0 Å². The highest BCUT2D eigenvalue weighted by Crippen LogP contribution is 1.58. The zero-order chi connectivity index (χ0) is 8.57. The van der Waals surface area contributed by atoms with Crippen molar-refractivity contribution in [2.75, 3.05) is 13.7 Å². The van der Waals surface area contributed by atoms with Crippen LogP contribution >= 0.6 is 0 Å². The van der Waals surface area contributed by atoms with Crippen molar-refractivity contribution in [1.29, 1.82) is 0 Å². The third-order valence-corrected chi connectivity index (χ3v) is 0.406. The van der Waals surface area contributed by atoms with Crippen molar-refractivity contribution < 1.29 is 19.8 Å². The first-order valence-electron chi connectivity index (χ1n) is 2.31. The van der Waals surface area contributed by atoms with Gasteiger partial charge in [-0.25, -0.2) is 4.79 Å². The van der Waals surface area contributed by atoms with E-state index in [9.17, 15) is 9.59 Å². The van der Waals surface area contributed by atoms with Crippen molar-refractivity contribution in [2.24, 2.45) is 5.73 Å². The summed E-state index contributed by atoms with van der Waals surface area (Å²) in [6.45, 7) is -0.719. The quantitative estimate of drug-likeness (QED) is 0.339. The zero-order valence-corrected chi connectivity index (χ0v) is 5.50. The molecule has 0 saturated carbocycles. The molecule has 0 radical (unpaired) electrons. The molecule has 0 fully saturated rings. The smallest absolute Gasteiger partial charge is 0.318 e. The van der Waals surface area contributed by atoms with E-state index in [0.29, 0.717) is 0 Å². The fourth-order valence-electron chi connectivity index (χ4n) is 0.177. The minimum atomic E-state index is -0.955. The fourth-order valence-corrected chi connectivity index (χ4v) is 0.177. The number of hydrogen-bond acceptors (Lipinski definition) is 4. The van der Waals surface area contributed by atoms with Gasteiger partial charge in [-0.05, 0) is 0 Å². The number of amides is 3. The van der Waals surface area contributed by atoms with E-state index >= 15 is 0 Å².